The summed E-state index contributed by atoms with van der Waals surface area (Å²) in [5, 5.41) is 3.00. The van der Waals surface area contributed by atoms with Gasteiger partial charge in [0.15, 0.2) is 0 Å². The SMILES string of the molecule is CCC(C)NC(=O)c1ccc2c(c1)CCN2C. The third-order valence-electron chi connectivity index (χ3n) is 3.46. The molecular formula is C14H20N2O. The average Bonchev–Trinajstić information content (AvgIpc) is 2.70. The zero-order valence-corrected chi connectivity index (χ0v) is 10.8. The monoisotopic (exact) mass is 232 g/mol. The molecule has 1 aliphatic heterocycles. The number of carbonyl (C=O) groups is 1. The van der Waals surface area contributed by atoms with Gasteiger partial charge < -0.3 is 10.2 Å². The summed E-state index contributed by atoms with van der Waals surface area (Å²) in [5.41, 5.74) is 3.31. The molecule has 0 aliphatic carbocycles. The summed E-state index contributed by atoms with van der Waals surface area (Å²) in [5.74, 6) is 0.0386. The molecule has 3 nitrogen and oxygen atoms in total. The van der Waals surface area contributed by atoms with Gasteiger partial charge in [-0.2, -0.15) is 0 Å². The molecule has 1 aliphatic rings. The van der Waals surface area contributed by atoms with Crippen molar-refractivity contribution in [1.29, 1.82) is 0 Å². The molecule has 0 fully saturated rings. The van der Waals surface area contributed by atoms with Gasteiger partial charge in [-0.15, -0.1) is 0 Å². The first-order valence-corrected chi connectivity index (χ1v) is 6.26. The molecule has 0 spiro atoms. The van der Waals surface area contributed by atoms with Gasteiger partial charge >= 0.3 is 0 Å². The van der Waals surface area contributed by atoms with Gasteiger partial charge in [-0.1, -0.05) is 6.92 Å². The number of anilines is 1. The number of nitrogens with one attached hydrogen (secondary N) is 1. The van der Waals surface area contributed by atoms with Crippen molar-refractivity contribution in [3.8, 4) is 0 Å². The van der Waals surface area contributed by atoms with Gasteiger partial charge in [0.05, 0.1) is 0 Å². The molecule has 1 aromatic carbocycles. The Morgan fingerprint density at radius 3 is 3.00 bits per heavy atom. The van der Waals surface area contributed by atoms with Crippen LogP contribution in [0.1, 0.15) is 36.2 Å². The molecule has 0 saturated carbocycles. The predicted octanol–water partition coefficient (Wildman–Crippen LogP) is 2.21. The average molecular weight is 232 g/mol. The fourth-order valence-electron chi connectivity index (χ4n) is 2.12. The summed E-state index contributed by atoms with van der Waals surface area (Å²) in [6.45, 7) is 5.15. The van der Waals surface area contributed by atoms with E-state index < -0.39 is 0 Å². The highest BCUT2D eigenvalue weighted by Crippen LogP contribution is 2.27. The van der Waals surface area contributed by atoms with Crippen LogP contribution in [0.4, 0.5) is 5.69 Å². The lowest BCUT2D eigenvalue weighted by Crippen LogP contribution is -2.31. The largest absolute Gasteiger partial charge is 0.374 e. The van der Waals surface area contributed by atoms with E-state index in [0.29, 0.717) is 0 Å². The number of benzene rings is 1. The van der Waals surface area contributed by atoms with Gasteiger partial charge in [0.1, 0.15) is 0 Å². The number of fused-ring (bicyclic) bond motifs is 1. The summed E-state index contributed by atoms with van der Waals surface area (Å²) in [6.07, 6.45) is 2.00. The Labute approximate surface area is 103 Å². The Bertz CT molecular complexity index is 428. The van der Waals surface area contributed by atoms with Gasteiger partial charge in [0.25, 0.3) is 5.91 Å². The van der Waals surface area contributed by atoms with E-state index in [1.54, 1.807) is 0 Å². The minimum absolute atomic E-state index is 0.0386. The zero-order chi connectivity index (χ0) is 12.4. The molecule has 1 heterocycles. The maximum Gasteiger partial charge on any atom is 0.251 e. The van der Waals surface area contributed by atoms with Crippen molar-refractivity contribution in [2.45, 2.75) is 32.7 Å². The van der Waals surface area contributed by atoms with Gasteiger partial charge in [0.2, 0.25) is 0 Å². The number of hydrogen-bond donors (Lipinski definition) is 1. The van der Waals surface area contributed by atoms with Crippen LogP contribution in [0.25, 0.3) is 0 Å². The number of rotatable bonds is 3. The molecule has 92 valence electrons. The highest BCUT2D eigenvalue weighted by molar-refractivity contribution is 5.95. The van der Waals surface area contributed by atoms with Crippen molar-refractivity contribution in [2.75, 3.05) is 18.5 Å². The van der Waals surface area contributed by atoms with Crippen molar-refractivity contribution in [2.24, 2.45) is 0 Å². The predicted molar refractivity (Wildman–Crippen MR) is 70.6 cm³/mol. The topological polar surface area (TPSA) is 32.3 Å². The molecule has 1 amide bonds. The van der Waals surface area contributed by atoms with Crippen LogP contribution < -0.4 is 10.2 Å². The first-order chi connectivity index (χ1) is 8.11. The molecule has 1 unspecified atom stereocenters. The van der Waals surface area contributed by atoms with Gasteiger partial charge in [0, 0.05) is 30.9 Å². The van der Waals surface area contributed by atoms with Gasteiger partial charge in [-0.05, 0) is 43.5 Å². The summed E-state index contributed by atoms with van der Waals surface area (Å²) in [7, 11) is 2.09. The smallest absolute Gasteiger partial charge is 0.251 e. The summed E-state index contributed by atoms with van der Waals surface area (Å²) < 4.78 is 0. The molecule has 0 radical (unpaired) electrons. The Kier molecular flexibility index (Phi) is 3.36. The number of amides is 1. The van der Waals surface area contributed by atoms with Crippen LogP contribution in [-0.4, -0.2) is 25.5 Å². The van der Waals surface area contributed by atoms with Crippen molar-refractivity contribution in [1.82, 2.24) is 5.32 Å². The van der Waals surface area contributed by atoms with E-state index in [-0.39, 0.29) is 11.9 Å². The fourth-order valence-corrected chi connectivity index (χ4v) is 2.12. The lowest BCUT2D eigenvalue weighted by Gasteiger charge is -2.14. The molecule has 1 aromatic rings. The number of hydrogen-bond acceptors (Lipinski definition) is 2. The zero-order valence-electron chi connectivity index (χ0n) is 10.8. The number of nitrogens with zero attached hydrogens (tertiary/aromatic N) is 1. The third kappa shape index (κ3) is 2.43. The van der Waals surface area contributed by atoms with Gasteiger partial charge in [-0.25, -0.2) is 0 Å². The van der Waals surface area contributed by atoms with E-state index in [9.17, 15) is 4.79 Å². The van der Waals surface area contributed by atoms with Crippen LogP contribution in [-0.2, 0) is 6.42 Å². The molecule has 0 bridgehead atoms. The minimum atomic E-state index is 0.0386. The molecule has 1 atom stereocenters. The van der Waals surface area contributed by atoms with E-state index in [0.717, 1.165) is 24.9 Å². The summed E-state index contributed by atoms with van der Waals surface area (Å²) in [4.78, 5) is 14.2. The highest BCUT2D eigenvalue weighted by atomic mass is 16.1. The Balaban J connectivity index is 2.15. The molecular weight excluding hydrogens is 212 g/mol. The van der Waals surface area contributed by atoms with Crippen LogP contribution in [0.3, 0.4) is 0 Å². The molecule has 17 heavy (non-hydrogen) atoms. The van der Waals surface area contributed by atoms with E-state index >= 15 is 0 Å². The number of carbonyl (C=O) groups excluding carboxylic acids is 1. The number of likely N-dealkylation sites (N-methyl/N-ethyl adjacent to an activating group) is 1. The fraction of sp³-hybridized carbons (Fsp3) is 0.500. The molecule has 0 aromatic heterocycles. The second-order valence-corrected chi connectivity index (χ2v) is 4.80. The maximum atomic E-state index is 12.0. The van der Waals surface area contributed by atoms with Crippen LogP contribution in [0.15, 0.2) is 18.2 Å². The normalized spacial score (nSPS) is 15.6. The van der Waals surface area contributed by atoms with Crippen molar-refractivity contribution >= 4 is 11.6 Å². The van der Waals surface area contributed by atoms with Crippen LogP contribution in [0.5, 0.6) is 0 Å². The standard InChI is InChI=1S/C14H20N2O/c1-4-10(2)15-14(17)12-5-6-13-11(9-12)7-8-16(13)3/h5-6,9-10H,4,7-8H2,1-3H3,(H,15,17). The minimum Gasteiger partial charge on any atom is -0.374 e. The van der Waals surface area contributed by atoms with E-state index in [2.05, 4.69) is 24.2 Å². The Morgan fingerprint density at radius 1 is 1.53 bits per heavy atom. The van der Waals surface area contributed by atoms with Crippen molar-refractivity contribution in [3.05, 3.63) is 29.3 Å². The van der Waals surface area contributed by atoms with Crippen molar-refractivity contribution in [3.63, 3.8) is 0 Å². The van der Waals surface area contributed by atoms with Crippen LogP contribution >= 0.6 is 0 Å². The first kappa shape index (κ1) is 12.0. The summed E-state index contributed by atoms with van der Waals surface area (Å²) >= 11 is 0. The molecule has 1 N–H and O–H groups in total. The van der Waals surface area contributed by atoms with Crippen LogP contribution in [0, 0.1) is 0 Å². The quantitative estimate of drug-likeness (QED) is 0.866. The van der Waals surface area contributed by atoms with E-state index in [1.807, 2.05) is 25.1 Å². The Hall–Kier alpha value is -1.51. The van der Waals surface area contributed by atoms with Crippen LogP contribution in [0.2, 0.25) is 0 Å². The maximum absolute atomic E-state index is 12.0. The lowest BCUT2D eigenvalue weighted by molar-refractivity contribution is 0.0939. The molecule has 3 heteroatoms. The summed E-state index contributed by atoms with van der Waals surface area (Å²) in [6, 6.07) is 6.22. The molecule has 0 saturated heterocycles. The second kappa shape index (κ2) is 4.78. The molecule has 2 rings (SSSR count). The van der Waals surface area contributed by atoms with Gasteiger partial charge in [-0.3, -0.25) is 4.79 Å². The third-order valence-corrected chi connectivity index (χ3v) is 3.46. The second-order valence-electron chi connectivity index (χ2n) is 4.80. The first-order valence-electron chi connectivity index (χ1n) is 6.26. The lowest BCUT2D eigenvalue weighted by atomic mass is 10.1. The van der Waals surface area contributed by atoms with E-state index in [1.165, 1.54) is 11.3 Å². The van der Waals surface area contributed by atoms with E-state index in [4.69, 9.17) is 0 Å². The highest BCUT2D eigenvalue weighted by Gasteiger charge is 2.17. The van der Waals surface area contributed by atoms with Crippen molar-refractivity contribution < 1.29 is 4.79 Å². The Morgan fingerprint density at radius 2 is 2.29 bits per heavy atom.